The van der Waals surface area contributed by atoms with Crippen LogP contribution in [0.3, 0.4) is 0 Å². The van der Waals surface area contributed by atoms with Crippen LogP contribution in [-0.2, 0) is 11.2 Å². The highest BCUT2D eigenvalue weighted by atomic mass is 16.5. The van der Waals surface area contributed by atoms with E-state index >= 15 is 0 Å². The predicted octanol–water partition coefficient (Wildman–Crippen LogP) is 3.55. The summed E-state index contributed by atoms with van der Waals surface area (Å²) in [5.74, 6) is 0.453. The van der Waals surface area contributed by atoms with Crippen molar-refractivity contribution in [2.75, 3.05) is 13.2 Å². The molecular formula is C21H24N2O2. The van der Waals surface area contributed by atoms with Gasteiger partial charge >= 0.3 is 6.03 Å². The molecule has 0 radical (unpaired) electrons. The zero-order valence-corrected chi connectivity index (χ0v) is 14.3. The van der Waals surface area contributed by atoms with Crippen molar-refractivity contribution in [3.05, 3.63) is 71.3 Å². The van der Waals surface area contributed by atoms with Crippen LogP contribution < -0.4 is 10.6 Å². The Bertz CT molecular complexity index is 732. The van der Waals surface area contributed by atoms with Crippen LogP contribution in [0.5, 0.6) is 0 Å². The van der Waals surface area contributed by atoms with Gasteiger partial charge in [0.2, 0.25) is 0 Å². The van der Waals surface area contributed by atoms with Crippen molar-refractivity contribution in [1.82, 2.24) is 10.6 Å². The molecule has 0 saturated carbocycles. The van der Waals surface area contributed by atoms with Gasteiger partial charge in [0.1, 0.15) is 0 Å². The summed E-state index contributed by atoms with van der Waals surface area (Å²) in [5.41, 5.74) is 3.96. The maximum absolute atomic E-state index is 12.2. The number of ether oxygens (including phenoxy) is 1. The minimum atomic E-state index is -0.0666. The van der Waals surface area contributed by atoms with E-state index in [4.69, 9.17) is 4.74 Å². The van der Waals surface area contributed by atoms with Gasteiger partial charge in [0.25, 0.3) is 0 Å². The second-order valence-corrected chi connectivity index (χ2v) is 6.95. The molecular weight excluding hydrogens is 312 g/mol. The highest BCUT2D eigenvalue weighted by Gasteiger charge is 2.27. The Balaban J connectivity index is 1.25. The van der Waals surface area contributed by atoms with Crippen molar-refractivity contribution in [2.24, 2.45) is 0 Å². The Morgan fingerprint density at radius 1 is 1.08 bits per heavy atom. The van der Waals surface area contributed by atoms with Gasteiger partial charge in [-0.15, -0.1) is 0 Å². The summed E-state index contributed by atoms with van der Waals surface area (Å²) >= 11 is 0. The summed E-state index contributed by atoms with van der Waals surface area (Å²) in [6.07, 6.45) is 2.81. The number of rotatable bonds is 4. The molecule has 0 bridgehead atoms. The van der Waals surface area contributed by atoms with Crippen molar-refractivity contribution < 1.29 is 9.53 Å². The van der Waals surface area contributed by atoms with E-state index in [0.717, 1.165) is 19.3 Å². The maximum atomic E-state index is 12.2. The molecule has 25 heavy (non-hydrogen) atoms. The Labute approximate surface area is 148 Å². The monoisotopic (exact) mass is 336 g/mol. The van der Waals surface area contributed by atoms with Crippen LogP contribution in [0.2, 0.25) is 0 Å². The molecule has 1 aliphatic heterocycles. The molecule has 4 nitrogen and oxygen atoms in total. The van der Waals surface area contributed by atoms with Crippen LogP contribution in [0.4, 0.5) is 4.79 Å². The zero-order chi connectivity index (χ0) is 17.1. The third-order valence-corrected chi connectivity index (χ3v) is 5.26. The van der Waals surface area contributed by atoms with Crippen molar-refractivity contribution in [3.8, 4) is 0 Å². The molecule has 130 valence electrons. The summed E-state index contributed by atoms with van der Waals surface area (Å²) in [4.78, 5) is 12.2. The van der Waals surface area contributed by atoms with E-state index in [9.17, 15) is 4.79 Å². The lowest BCUT2D eigenvalue weighted by atomic mass is 9.78. The Hall–Kier alpha value is -2.33. The van der Waals surface area contributed by atoms with Gasteiger partial charge in [-0.2, -0.15) is 0 Å². The summed E-state index contributed by atoms with van der Waals surface area (Å²) in [6, 6.07) is 18.8. The van der Waals surface area contributed by atoms with Gasteiger partial charge in [0.05, 0.1) is 6.10 Å². The molecule has 2 aliphatic rings. The topological polar surface area (TPSA) is 50.4 Å². The van der Waals surface area contributed by atoms with Crippen LogP contribution in [0.15, 0.2) is 54.6 Å². The molecule has 4 heteroatoms. The molecule has 2 aromatic rings. The predicted molar refractivity (Wildman–Crippen MR) is 97.6 cm³/mol. The highest BCUT2D eigenvalue weighted by molar-refractivity contribution is 5.74. The van der Waals surface area contributed by atoms with Gasteiger partial charge in [0, 0.05) is 25.1 Å². The first-order valence-electron chi connectivity index (χ1n) is 9.08. The van der Waals surface area contributed by atoms with E-state index in [-0.39, 0.29) is 18.2 Å². The first kappa shape index (κ1) is 16.2. The minimum absolute atomic E-state index is 0.0666. The summed E-state index contributed by atoms with van der Waals surface area (Å²) in [7, 11) is 0. The average molecular weight is 336 g/mol. The van der Waals surface area contributed by atoms with Crippen LogP contribution in [0, 0.1) is 0 Å². The first-order chi connectivity index (χ1) is 12.3. The lowest BCUT2D eigenvalue weighted by molar-refractivity contribution is 0.00226. The van der Waals surface area contributed by atoms with E-state index in [1.807, 2.05) is 18.2 Å². The normalized spacial score (nSPS) is 24.7. The largest absolute Gasteiger partial charge is 0.373 e. The molecule has 2 aromatic carbocycles. The second-order valence-electron chi connectivity index (χ2n) is 6.95. The smallest absolute Gasteiger partial charge is 0.315 e. The number of nitrogens with one attached hydrogen (secondary N) is 2. The number of amides is 2. The zero-order valence-electron chi connectivity index (χ0n) is 14.3. The van der Waals surface area contributed by atoms with Crippen LogP contribution >= 0.6 is 0 Å². The van der Waals surface area contributed by atoms with Crippen LogP contribution in [0.25, 0.3) is 0 Å². The van der Waals surface area contributed by atoms with Gasteiger partial charge in [-0.3, -0.25) is 0 Å². The third-order valence-electron chi connectivity index (χ3n) is 5.26. The highest BCUT2D eigenvalue weighted by Crippen LogP contribution is 2.34. The van der Waals surface area contributed by atoms with Gasteiger partial charge in [-0.1, -0.05) is 54.6 Å². The molecule has 2 amide bonds. The molecule has 1 fully saturated rings. The fourth-order valence-corrected chi connectivity index (χ4v) is 3.83. The number of hydrogen-bond acceptors (Lipinski definition) is 2. The van der Waals surface area contributed by atoms with Crippen LogP contribution in [0.1, 0.15) is 41.6 Å². The van der Waals surface area contributed by atoms with Gasteiger partial charge in [0.15, 0.2) is 0 Å². The third kappa shape index (κ3) is 3.69. The van der Waals surface area contributed by atoms with Crippen molar-refractivity contribution in [1.29, 1.82) is 0 Å². The molecule has 4 rings (SSSR count). The fraction of sp³-hybridized carbons (Fsp3) is 0.381. The Kier molecular flexibility index (Phi) is 4.70. The summed E-state index contributed by atoms with van der Waals surface area (Å²) in [5, 5.41) is 6.15. The quantitative estimate of drug-likeness (QED) is 0.897. The number of urea groups is 1. The Morgan fingerprint density at radius 2 is 1.88 bits per heavy atom. The molecule has 2 N–H and O–H groups in total. The molecule has 1 heterocycles. The lowest BCUT2D eigenvalue weighted by Gasteiger charge is -2.32. The Morgan fingerprint density at radius 3 is 2.72 bits per heavy atom. The number of carbonyl (C=O) groups is 1. The summed E-state index contributed by atoms with van der Waals surface area (Å²) in [6.45, 7) is 1.38. The van der Waals surface area contributed by atoms with E-state index in [2.05, 4.69) is 47.0 Å². The minimum Gasteiger partial charge on any atom is -0.373 e. The SMILES string of the molecule is O=C(NC[C@@H]1Cc2ccccc21)N[C@@H]1CCO[C@@H](c2ccccc2)C1. The van der Waals surface area contributed by atoms with E-state index in [1.54, 1.807) is 0 Å². The summed E-state index contributed by atoms with van der Waals surface area (Å²) < 4.78 is 5.87. The van der Waals surface area contributed by atoms with Gasteiger partial charge < -0.3 is 15.4 Å². The van der Waals surface area contributed by atoms with Crippen molar-refractivity contribution in [3.63, 3.8) is 0 Å². The lowest BCUT2D eigenvalue weighted by Crippen LogP contribution is -2.46. The maximum Gasteiger partial charge on any atom is 0.315 e. The number of hydrogen-bond donors (Lipinski definition) is 2. The number of carbonyl (C=O) groups excluding carboxylic acids is 1. The number of fused-ring (bicyclic) bond motifs is 1. The molecule has 0 aromatic heterocycles. The van der Waals surface area contributed by atoms with Crippen molar-refractivity contribution >= 4 is 6.03 Å². The average Bonchev–Trinajstić information content (AvgIpc) is 2.63. The van der Waals surface area contributed by atoms with E-state index < -0.39 is 0 Å². The number of benzene rings is 2. The first-order valence-corrected chi connectivity index (χ1v) is 9.08. The van der Waals surface area contributed by atoms with Gasteiger partial charge in [-0.05, 0) is 36.0 Å². The molecule has 1 aliphatic carbocycles. The standard InChI is InChI=1S/C21H24N2O2/c24-21(22-14-17-12-16-8-4-5-9-19(16)17)23-18-10-11-25-20(13-18)15-6-2-1-3-7-15/h1-9,17-18,20H,10-14H2,(H2,22,23,24)/t17-,18+,20+/m0/s1. The second kappa shape index (κ2) is 7.28. The molecule has 0 unspecified atom stereocenters. The molecule has 3 atom stereocenters. The van der Waals surface area contributed by atoms with Crippen molar-refractivity contribution in [2.45, 2.75) is 37.3 Å². The fourth-order valence-electron chi connectivity index (χ4n) is 3.83. The van der Waals surface area contributed by atoms with E-state index in [1.165, 1.54) is 16.7 Å². The molecule has 1 saturated heterocycles. The van der Waals surface area contributed by atoms with Gasteiger partial charge in [-0.25, -0.2) is 4.79 Å². The van der Waals surface area contributed by atoms with Crippen LogP contribution in [-0.4, -0.2) is 25.2 Å². The molecule has 0 spiro atoms. The van der Waals surface area contributed by atoms with E-state index in [0.29, 0.717) is 19.1 Å².